The van der Waals surface area contributed by atoms with Gasteiger partial charge in [0.1, 0.15) is 21.8 Å². The van der Waals surface area contributed by atoms with Crippen LogP contribution in [0.15, 0.2) is 36.0 Å². The van der Waals surface area contributed by atoms with Gasteiger partial charge in [0, 0.05) is 44.8 Å². The van der Waals surface area contributed by atoms with Crippen LogP contribution < -0.4 is 5.32 Å². The minimum Gasteiger partial charge on any atom is -0.351 e. The van der Waals surface area contributed by atoms with E-state index in [0.29, 0.717) is 19.0 Å². The SMILES string of the molecule is Cn1cc(S(=O)(=O)N2CCC(Nc3ncc(C(F)(F)F)c(-c4cn(CC(F)F)cn4)n3)CC2)cn1. The average Bonchev–Trinajstić information content (AvgIpc) is 3.42. The summed E-state index contributed by atoms with van der Waals surface area (Å²) in [6.45, 7) is -0.355. The topological polar surface area (TPSA) is 111 Å². The fourth-order valence-corrected chi connectivity index (χ4v) is 5.16. The first-order valence-electron chi connectivity index (χ1n) is 10.4. The summed E-state index contributed by atoms with van der Waals surface area (Å²) in [5.41, 5.74) is -1.91. The Morgan fingerprint density at radius 2 is 1.86 bits per heavy atom. The average molecular weight is 520 g/mol. The molecule has 4 rings (SSSR count). The highest BCUT2D eigenvalue weighted by Gasteiger charge is 2.36. The molecule has 0 atom stereocenters. The predicted octanol–water partition coefficient (Wildman–Crippen LogP) is 2.62. The third-order valence-corrected chi connectivity index (χ3v) is 7.28. The normalized spacial score (nSPS) is 16.2. The van der Waals surface area contributed by atoms with Crippen molar-refractivity contribution in [2.45, 2.75) is 42.9 Å². The number of sulfonamides is 1. The van der Waals surface area contributed by atoms with Gasteiger partial charge in [0.05, 0.1) is 19.1 Å². The van der Waals surface area contributed by atoms with Crippen LogP contribution in [0, 0.1) is 0 Å². The van der Waals surface area contributed by atoms with Crippen molar-refractivity contribution >= 4 is 16.0 Å². The van der Waals surface area contributed by atoms with Crippen molar-refractivity contribution in [2.75, 3.05) is 18.4 Å². The van der Waals surface area contributed by atoms with E-state index in [-0.39, 0.29) is 35.7 Å². The molecule has 0 bridgehead atoms. The number of aromatic nitrogens is 6. The highest BCUT2D eigenvalue weighted by Crippen LogP contribution is 2.35. The summed E-state index contributed by atoms with van der Waals surface area (Å²) < 4.78 is 94.9. The number of halogens is 5. The van der Waals surface area contributed by atoms with E-state index in [4.69, 9.17) is 0 Å². The maximum Gasteiger partial charge on any atom is 0.420 e. The van der Waals surface area contributed by atoms with Crippen LogP contribution in [0.2, 0.25) is 0 Å². The zero-order valence-electron chi connectivity index (χ0n) is 18.3. The molecular formula is C19H21F5N8O2S. The number of rotatable bonds is 7. The molecule has 0 unspecified atom stereocenters. The molecule has 1 fully saturated rings. The number of alkyl halides is 5. The van der Waals surface area contributed by atoms with Gasteiger partial charge >= 0.3 is 6.18 Å². The maximum atomic E-state index is 13.5. The Morgan fingerprint density at radius 3 is 2.46 bits per heavy atom. The van der Waals surface area contributed by atoms with E-state index >= 15 is 0 Å². The lowest BCUT2D eigenvalue weighted by atomic mass is 10.1. The van der Waals surface area contributed by atoms with E-state index in [1.807, 2.05) is 0 Å². The molecule has 35 heavy (non-hydrogen) atoms. The summed E-state index contributed by atoms with van der Waals surface area (Å²) in [5, 5.41) is 6.82. The quantitative estimate of drug-likeness (QED) is 0.477. The number of imidazole rings is 1. The van der Waals surface area contributed by atoms with E-state index < -0.39 is 40.4 Å². The summed E-state index contributed by atoms with van der Waals surface area (Å²) in [6.07, 6.45) is -1.41. The van der Waals surface area contributed by atoms with Crippen LogP contribution in [0.3, 0.4) is 0 Å². The molecule has 0 saturated carbocycles. The van der Waals surface area contributed by atoms with Gasteiger partial charge in [-0.15, -0.1) is 0 Å². The van der Waals surface area contributed by atoms with Crippen molar-refractivity contribution in [3.05, 3.63) is 36.7 Å². The van der Waals surface area contributed by atoms with Crippen LogP contribution >= 0.6 is 0 Å². The highest BCUT2D eigenvalue weighted by molar-refractivity contribution is 7.89. The van der Waals surface area contributed by atoms with E-state index in [0.717, 1.165) is 17.1 Å². The molecule has 1 N–H and O–H groups in total. The van der Waals surface area contributed by atoms with E-state index in [9.17, 15) is 30.4 Å². The fraction of sp³-hybridized carbons (Fsp3) is 0.474. The van der Waals surface area contributed by atoms with Crippen LogP contribution in [0.4, 0.5) is 27.9 Å². The molecule has 0 radical (unpaired) electrons. The molecule has 0 aromatic carbocycles. The van der Waals surface area contributed by atoms with Crippen LogP contribution in [-0.2, 0) is 29.8 Å². The van der Waals surface area contributed by atoms with Crippen LogP contribution in [0.25, 0.3) is 11.4 Å². The van der Waals surface area contributed by atoms with Crippen molar-refractivity contribution in [1.82, 2.24) is 33.6 Å². The highest BCUT2D eigenvalue weighted by atomic mass is 32.2. The molecule has 3 aromatic heterocycles. The maximum absolute atomic E-state index is 13.5. The van der Waals surface area contributed by atoms with Gasteiger partial charge in [0.25, 0.3) is 6.43 Å². The molecule has 3 aromatic rings. The summed E-state index contributed by atoms with van der Waals surface area (Å²) in [7, 11) is -2.10. The Kier molecular flexibility index (Phi) is 6.77. The number of hydrogen-bond donors (Lipinski definition) is 1. The van der Waals surface area contributed by atoms with Gasteiger partial charge in [-0.25, -0.2) is 32.2 Å². The van der Waals surface area contributed by atoms with Gasteiger partial charge in [-0.05, 0) is 12.8 Å². The third-order valence-electron chi connectivity index (χ3n) is 5.42. The number of anilines is 1. The number of piperidine rings is 1. The van der Waals surface area contributed by atoms with Gasteiger partial charge in [-0.2, -0.15) is 22.6 Å². The Hall–Kier alpha value is -3.14. The van der Waals surface area contributed by atoms with Crippen molar-refractivity contribution in [3.8, 4) is 11.4 Å². The first kappa shape index (κ1) is 25.0. The lowest BCUT2D eigenvalue weighted by Gasteiger charge is -2.31. The predicted molar refractivity (Wildman–Crippen MR) is 113 cm³/mol. The molecule has 0 spiro atoms. The molecule has 0 aliphatic carbocycles. The van der Waals surface area contributed by atoms with Gasteiger partial charge in [0.2, 0.25) is 16.0 Å². The second-order valence-corrected chi connectivity index (χ2v) is 9.91. The first-order chi connectivity index (χ1) is 16.4. The Morgan fingerprint density at radius 1 is 1.14 bits per heavy atom. The number of nitrogens with one attached hydrogen (secondary N) is 1. The fourth-order valence-electron chi connectivity index (χ4n) is 3.70. The molecule has 1 aliphatic heterocycles. The number of hydrogen-bond acceptors (Lipinski definition) is 7. The second kappa shape index (κ2) is 9.49. The zero-order chi connectivity index (χ0) is 25.4. The van der Waals surface area contributed by atoms with Crippen LogP contribution in [0.5, 0.6) is 0 Å². The van der Waals surface area contributed by atoms with Crippen LogP contribution in [-0.4, -0.2) is 67.6 Å². The van der Waals surface area contributed by atoms with Crippen molar-refractivity contribution in [3.63, 3.8) is 0 Å². The Labute approximate surface area is 196 Å². The van der Waals surface area contributed by atoms with Gasteiger partial charge < -0.3 is 9.88 Å². The number of nitrogens with zero attached hydrogens (tertiary/aromatic N) is 7. The summed E-state index contributed by atoms with van der Waals surface area (Å²) in [4.78, 5) is 11.6. The van der Waals surface area contributed by atoms with E-state index in [2.05, 4.69) is 25.4 Å². The molecule has 10 nitrogen and oxygen atoms in total. The summed E-state index contributed by atoms with van der Waals surface area (Å²) in [5.74, 6) is -0.107. The van der Waals surface area contributed by atoms with Gasteiger partial charge in [-0.1, -0.05) is 0 Å². The summed E-state index contributed by atoms with van der Waals surface area (Å²) >= 11 is 0. The Balaban J connectivity index is 1.49. The summed E-state index contributed by atoms with van der Waals surface area (Å²) in [6, 6.07) is -0.295. The molecular weight excluding hydrogens is 499 g/mol. The minimum atomic E-state index is -4.79. The lowest BCUT2D eigenvalue weighted by Crippen LogP contribution is -2.42. The third kappa shape index (κ3) is 5.58. The Bertz CT molecular complexity index is 1280. The minimum absolute atomic E-state index is 0.0772. The second-order valence-electron chi connectivity index (χ2n) is 7.97. The lowest BCUT2D eigenvalue weighted by molar-refractivity contribution is -0.137. The molecule has 16 heteroatoms. The van der Waals surface area contributed by atoms with Gasteiger partial charge in [0.15, 0.2) is 0 Å². The molecule has 1 saturated heterocycles. The molecule has 4 heterocycles. The smallest absolute Gasteiger partial charge is 0.351 e. The van der Waals surface area contributed by atoms with Crippen molar-refractivity contribution in [1.29, 1.82) is 0 Å². The standard InChI is InChI=1S/C19H21F5N8O2S/c1-30-8-13(6-27-30)35(33,34)32-4-2-12(3-5-32)28-18-25-7-14(19(22,23)24)17(29-18)15-9-31(11-26-15)10-16(20)21/h6-9,11-12,16H,2-5,10H2,1H3,(H,25,28,29). The molecule has 1 aliphatic rings. The first-order valence-corrected chi connectivity index (χ1v) is 11.9. The largest absolute Gasteiger partial charge is 0.420 e. The molecule has 190 valence electrons. The van der Waals surface area contributed by atoms with Crippen molar-refractivity contribution < 1.29 is 30.4 Å². The van der Waals surface area contributed by atoms with Crippen molar-refractivity contribution in [2.24, 2.45) is 7.05 Å². The molecule has 0 amide bonds. The van der Waals surface area contributed by atoms with Gasteiger partial charge in [-0.3, -0.25) is 4.68 Å². The van der Waals surface area contributed by atoms with Crippen LogP contribution in [0.1, 0.15) is 18.4 Å². The van der Waals surface area contributed by atoms with E-state index in [1.165, 1.54) is 21.4 Å². The van der Waals surface area contributed by atoms with E-state index in [1.54, 1.807) is 7.05 Å². The monoisotopic (exact) mass is 520 g/mol. The number of aryl methyl sites for hydroxylation is 1. The zero-order valence-corrected chi connectivity index (χ0v) is 19.1.